The maximum atomic E-state index is 10.3. The number of carbonyl (C=O) groups is 2. The second-order valence-corrected chi connectivity index (χ2v) is 2.45. The second-order valence-electron chi connectivity index (χ2n) is 2.45. The summed E-state index contributed by atoms with van der Waals surface area (Å²) in [5.41, 5.74) is 0. The highest BCUT2D eigenvalue weighted by Crippen LogP contribution is 2.04. The molecule has 1 N–H and O–H groups in total. The Bertz CT molecular complexity index is 159. The van der Waals surface area contributed by atoms with Crippen LogP contribution >= 0.6 is 0 Å². The number of aliphatic hydroxyl groups excluding tert-OH is 1. The van der Waals surface area contributed by atoms with Crippen LogP contribution in [0.25, 0.3) is 0 Å². The van der Waals surface area contributed by atoms with Crippen molar-refractivity contribution in [3.63, 3.8) is 0 Å². The van der Waals surface area contributed by atoms with Crippen molar-refractivity contribution in [2.24, 2.45) is 0 Å². The number of aliphatic hydroxyl groups is 1. The molecule has 1 unspecified atom stereocenters. The van der Waals surface area contributed by atoms with Crippen LogP contribution in [0.5, 0.6) is 0 Å². The Morgan fingerprint density at radius 2 is 2.00 bits per heavy atom. The average molecular weight is 190 g/mol. The van der Waals surface area contributed by atoms with Gasteiger partial charge in [0.15, 0.2) is 18.7 Å². The predicted molar refractivity (Wildman–Crippen MR) is 44.1 cm³/mol. The maximum absolute atomic E-state index is 10.3. The molecule has 0 aromatic carbocycles. The molecular weight excluding hydrogens is 176 g/mol. The third-order valence-electron chi connectivity index (χ3n) is 1.51. The molecule has 13 heavy (non-hydrogen) atoms. The van der Waals surface area contributed by atoms with Gasteiger partial charge in [-0.15, -0.1) is 0 Å². The Morgan fingerprint density at radius 1 is 1.38 bits per heavy atom. The summed E-state index contributed by atoms with van der Waals surface area (Å²) in [6.45, 7) is 1.75. The van der Waals surface area contributed by atoms with E-state index in [0.29, 0.717) is 19.0 Å². The van der Waals surface area contributed by atoms with Crippen molar-refractivity contribution in [3.05, 3.63) is 0 Å². The van der Waals surface area contributed by atoms with Crippen molar-refractivity contribution in [2.75, 3.05) is 7.11 Å². The van der Waals surface area contributed by atoms with E-state index in [1.165, 1.54) is 7.11 Å². The van der Waals surface area contributed by atoms with Gasteiger partial charge in [0, 0.05) is 7.11 Å². The van der Waals surface area contributed by atoms with Gasteiger partial charge in [0.25, 0.3) is 0 Å². The van der Waals surface area contributed by atoms with E-state index in [-0.39, 0.29) is 0 Å². The first-order valence-electron chi connectivity index (χ1n) is 3.96. The molecule has 0 spiro atoms. The highest BCUT2D eigenvalue weighted by molar-refractivity contribution is 5.57. The molecular formula is C8H14O5. The van der Waals surface area contributed by atoms with Gasteiger partial charge in [0.2, 0.25) is 0 Å². The number of aldehydes is 2. The molecule has 0 amide bonds. The van der Waals surface area contributed by atoms with E-state index in [1.54, 1.807) is 6.92 Å². The van der Waals surface area contributed by atoms with Gasteiger partial charge in [0.1, 0.15) is 12.4 Å². The number of hydrogen-bond donors (Lipinski definition) is 1. The molecule has 0 aliphatic rings. The van der Waals surface area contributed by atoms with Gasteiger partial charge in [-0.3, -0.25) is 0 Å². The molecule has 0 bridgehead atoms. The van der Waals surface area contributed by atoms with Crippen molar-refractivity contribution >= 4 is 12.6 Å². The SMILES string of the molecule is CCC(C=O)O[C@H](OC)[C@@H](O)C=O. The fraction of sp³-hybridized carbons (Fsp3) is 0.750. The van der Waals surface area contributed by atoms with E-state index >= 15 is 0 Å². The monoisotopic (exact) mass is 190 g/mol. The van der Waals surface area contributed by atoms with E-state index in [9.17, 15) is 9.59 Å². The maximum Gasteiger partial charge on any atom is 0.190 e. The van der Waals surface area contributed by atoms with E-state index in [4.69, 9.17) is 9.84 Å². The van der Waals surface area contributed by atoms with Crippen LogP contribution in [0.3, 0.4) is 0 Å². The molecule has 0 aromatic heterocycles. The lowest BCUT2D eigenvalue weighted by Gasteiger charge is -2.20. The summed E-state index contributed by atoms with van der Waals surface area (Å²) >= 11 is 0. The number of rotatable bonds is 7. The van der Waals surface area contributed by atoms with E-state index in [1.807, 2.05) is 0 Å². The molecule has 5 nitrogen and oxygen atoms in total. The largest absolute Gasteiger partial charge is 0.380 e. The molecule has 0 aliphatic carbocycles. The molecule has 5 heteroatoms. The van der Waals surface area contributed by atoms with Crippen LogP contribution in [0.1, 0.15) is 13.3 Å². The molecule has 76 valence electrons. The van der Waals surface area contributed by atoms with Crippen LogP contribution < -0.4 is 0 Å². The Morgan fingerprint density at radius 3 is 2.31 bits per heavy atom. The highest BCUT2D eigenvalue weighted by Gasteiger charge is 2.21. The van der Waals surface area contributed by atoms with E-state index in [0.717, 1.165) is 0 Å². The lowest BCUT2D eigenvalue weighted by molar-refractivity contribution is -0.196. The van der Waals surface area contributed by atoms with Crippen LogP contribution in [-0.4, -0.2) is 43.3 Å². The Labute approximate surface area is 76.6 Å². The first-order valence-corrected chi connectivity index (χ1v) is 3.96. The molecule has 0 fully saturated rings. The van der Waals surface area contributed by atoms with Crippen molar-refractivity contribution in [2.45, 2.75) is 31.8 Å². The summed E-state index contributed by atoms with van der Waals surface area (Å²) in [5.74, 6) is 0. The zero-order valence-electron chi connectivity index (χ0n) is 7.67. The van der Waals surface area contributed by atoms with Gasteiger partial charge in [0.05, 0.1) is 0 Å². The van der Waals surface area contributed by atoms with Gasteiger partial charge in [-0.2, -0.15) is 0 Å². The number of methoxy groups -OCH3 is 1. The summed E-state index contributed by atoms with van der Waals surface area (Å²) in [4.78, 5) is 20.5. The molecule has 0 radical (unpaired) electrons. The summed E-state index contributed by atoms with van der Waals surface area (Å²) in [7, 11) is 1.29. The van der Waals surface area contributed by atoms with Crippen LogP contribution in [0.2, 0.25) is 0 Å². The van der Waals surface area contributed by atoms with Crippen LogP contribution in [0.15, 0.2) is 0 Å². The lowest BCUT2D eigenvalue weighted by Crippen LogP contribution is -2.35. The molecule has 0 aromatic rings. The van der Waals surface area contributed by atoms with Gasteiger partial charge < -0.3 is 24.2 Å². The third kappa shape index (κ3) is 4.12. The fourth-order valence-electron chi connectivity index (χ4n) is 0.736. The van der Waals surface area contributed by atoms with Gasteiger partial charge in [-0.1, -0.05) is 6.92 Å². The molecule has 0 saturated heterocycles. The summed E-state index contributed by atoms with van der Waals surface area (Å²) in [5, 5.41) is 9.02. The van der Waals surface area contributed by atoms with E-state index in [2.05, 4.69) is 4.74 Å². The van der Waals surface area contributed by atoms with Crippen molar-refractivity contribution in [1.82, 2.24) is 0 Å². The quantitative estimate of drug-likeness (QED) is 0.433. The molecule has 0 aliphatic heterocycles. The molecule has 0 heterocycles. The van der Waals surface area contributed by atoms with Crippen LogP contribution in [0.4, 0.5) is 0 Å². The minimum absolute atomic E-state index is 0.297. The van der Waals surface area contributed by atoms with Crippen molar-refractivity contribution < 1.29 is 24.2 Å². The summed E-state index contributed by atoms with van der Waals surface area (Å²) in [6.07, 6.45) is -1.73. The number of ether oxygens (including phenoxy) is 2. The first-order chi connectivity index (χ1) is 6.19. The number of carbonyl (C=O) groups excluding carboxylic acids is 2. The zero-order valence-corrected chi connectivity index (χ0v) is 7.67. The topological polar surface area (TPSA) is 72.8 Å². The first kappa shape index (κ1) is 12.2. The molecule has 0 rings (SSSR count). The van der Waals surface area contributed by atoms with Crippen LogP contribution in [0, 0.1) is 0 Å². The Hall–Kier alpha value is -0.780. The standard InChI is InChI=1S/C8H14O5/c1-3-6(4-9)13-8(12-2)7(11)5-10/h4-8,11H,3H2,1-2H3/t6?,7-,8-/m0/s1. The van der Waals surface area contributed by atoms with Gasteiger partial charge in [-0.25, -0.2) is 0 Å². The summed E-state index contributed by atoms with van der Waals surface area (Å²) < 4.78 is 9.65. The fourth-order valence-corrected chi connectivity index (χ4v) is 0.736. The Kier molecular flexibility index (Phi) is 6.30. The predicted octanol–water partition coefficient (Wildman–Crippen LogP) is -0.487. The minimum atomic E-state index is -1.36. The summed E-state index contributed by atoms with van der Waals surface area (Å²) in [6, 6.07) is 0. The average Bonchev–Trinajstić information content (AvgIpc) is 2.19. The smallest absolute Gasteiger partial charge is 0.190 e. The van der Waals surface area contributed by atoms with Crippen LogP contribution in [-0.2, 0) is 19.1 Å². The minimum Gasteiger partial charge on any atom is -0.380 e. The second kappa shape index (κ2) is 6.71. The number of hydrogen-bond acceptors (Lipinski definition) is 5. The van der Waals surface area contributed by atoms with Crippen molar-refractivity contribution in [1.29, 1.82) is 0 Å². The Balaban J connectivity index is 4.09. The molecule has 0 saturated carbocycles. The van der Waals surface area contributed by atoms with E-state index < -0.39 is 18.5 Å². The van der Waals surface area contributed by atoms with Gasteiger partial charge in [-0.05, 0) is 6.42 Å². The normalized spacial score (nSPS) is 17.5. The lowest BCUT2D eigenvalue weighted by atomic mass is 10.3. The molecule has 3 atom stereocenters. The van der Waals surface area contributed by atoms with Gasteiger partial charge >= 0.3 is 0 Å². The third-order valence-corrected chi connectivity index (χ3v) is 1.51. The van der Waals surface area contributed by atoms with Crippen molar-refractivity contribution in [3.8, 4) is 0 Å². The zero-order chi connectivity index (χ0) is 10.3. The highest BCUT2D eigenvalue weighted by atomic mass is 16.7.